The second-order valence-electron chi connectivity index (χ2n) is 18.5. The second-order valence-corrected chi connectivity index (χ2v) is 21.2. The highest BCUT2D eigenvalue weighted by atomic mass is 32.2. The van der Waals surface area contributed by atoms with Gasteiger partial charge in [-0.15, -0.1) is 6.58 Å². The van der Waals surface area contributed by atoms with Gasteiger partial charge < -0.3 is 26.2 Å². The third-order valence-electron chi connectivity index (χ3n) is 13.1. The number of sulfone groups is 1. The average Bonchev–Trinajstić information content (AvgIpc) is 3.92. The fraction of sp³-hybridized carbons (Fsp3) is 0.821. The van der Waals surface area contributed by atoms with Crippen LogP contribution in [0.3, 0.4) is 0 Å². The molecule has 12 nitrogen and oxygen atoms in total. The lowest BCUT2D eigenvalue weighted by Gasteiger charge is -2.44. The predicted octanol–water partition coefficient (Wildman–Crippen LogP) is 4.18. The van der Waals surface area contributed by atoms with Gasteiger partial charge in [-0.05, 0) is 81.5 Å². The molecule has 5 rings (SSSR count). The Morgan fingerprint density at radius 2 is 1.50 bits per heavy atom. The fourth-order valence-corrected chi connectivity index (χ4v) is 10.8. The lowest BCUT2D eigenvalue weighted by molar-refractivity contribution is -0.146. The normalized spacial score (nSPS) is 27.3. The summed E-state index contributed by atoms with van der Waals surface area (Å²) in [6.45, 7) is 15.3. The van der Waals surface area contributed by atoms with Crippen LogP contribution in [0.15, 0.2) is 12.7 Å². The topological polar surface area (TPSA) is 171 Å². The molecule has 4 saturated carbocycles. The smallest absolute Gasteiger partial charge is 0.315 e. The van der Waals surface area contributed by atoms with Crippen molar-refractivity contribution in [2.24, 2.45) is 28.6 Å². The van der Waals surface area contributed by atoms with E-state index < -0.39 is 67.3 Å². The predicted molar refractivity (Wildman–Crippen MR) is 200 cm³/mol. The highest BCUT2D eigenvalue weighted by Crippen LogP contribution is 2.65. The third kappa shape index (κ3) is 8.54. The fourth-order valence-electron chi connectivity index (χ4n) is 9.27. The molecule has 1 unspecified atom stereocenters. The number of rotatable bonds is 14. The van der Waals surface area contributed by atoms with Crippen molar-refractivity contribution in [3.8, 4) is 0 Å². The summed E-state index contributed by atoms with van der Waals surface area (Å²) in [7, 11) is -3.57. The van der Waals surface area contributed by atoms with Crippen molar-refractivity contribution in [2.75, 3.05) is 18.8 Å². The van der Waals surface area contributed by atoms with Gasteiger partial charge in [-0.1, -0.05) is 78.2 Å². The van der Waals surface area contributed by atoms with Crippen LogP contribution < -0.4 is 21.3 Å². The summed E-state index contributed by atoms with van der Waals surface area (Å²) in [4.78, 5) is 70.9. The number of nitrogens with zero attached hydrogens (tertiary/aromatic N) is 1. The zero-order chi connectivity index (χ0) is 38.3. The summed E-state index contributed by atoms with van der Waals surface area (Å²) < 4.78 is 25.9. The number of nitrogens with one attached hydrogen (secondary N) is 4. The molecule has 13 heteroatoms. The van der Waals surface area contributed by atoms with Gasteiger partial charge in [0.15, 0.2) is 9.84 Å². The molecule has 52 heavy (non-hydrogen) atoms. The van der Waals surface area contributed by atoms with E-state index in [9.17, 15) is 32.4 Å². The Kier molecular flexibility index (Phi) is 11.6. The van der Waals surface area contributed by atoms with Crippen LogP contribution in [0.1, 0.15) is 125 Å². The molecule has 0 aromatic rings. The Morgan fingerprint density at radius 1 is 0.904 bits per heavy atom. The highest BCUT2D eigenvalue weighted by Gasteiger charge is 2.70. The Hall–Kier alpha value is -2.96. The van der Waals surface area contributed by atoms with Crippen LogP contribution in [0.5, 0.6) is 0 Å². The number of likely N-dealkylation sites (tertiary alicyclic amines) is 1. The average molecular weight is 746 g/mol. The van der Waals surface area contributed by atoms with Crippen LogP contribution in [-0.4, -0.2) is 90.1 Å². The van der Waals surface area contributed by atoms with Crippen molar-refractivity contribution in [1.82, 2.24) is 26.2 Å². The molecule has 1 aliphatic heterocycles. The van der Waals surface area contributed by atoms with Crippen molar-refractivity contribution in [2.45, 2.75) is 153 Å². The van der Waals surface area contributed by atoms with Gasteiger partial charge in [0.1, 0.15) is 12.1 Å². The molecule has 5 fully saturated rings. The molecule has 5 amide bonds. The number of ketones is 1. The first-order chi connectivity index (χ1) is 24.3. The molecule has 292 valence electrons. The zero-order valence-corrected chi connectivity index (χ0v) is 33.1. The standard InChI is InChI=1S/C39H63N5O7S/c1-8-21-40-33(47)30(45)27(22-25-15-16-25)41-32(46)29-28-26(37(28,5)6)23-44(29)34(48)31(38(7)17-11-9-12-18-38)42-35(49)43-39(19-13-10-14-20-39)24-52(50,51)36(2,3)4/h8,25-29,31H,1,9-24H2,2-7H3,(H,40,47)(H,41,46)(H2,42,43,49)/t26-,27?,28-,29-,31+/m0/s1. The molecule has 1 heterocycles. The summed E-state index contributed by atoms with van der Waals surface area (Å²) in [6.07, 6.45) is 11.6. The van der Waals surface area contributed by atoms with Gasteiger partial charge in [0.05, 0.1) is 22.1 Å². The van der Waals surface area contributed by atoms with Gasteiger partial charge in [-0.3, -0.25) is 19.2 Å². The monoisotopic (exact) mass is 745 g/mol. The number of amides is 5. The van der Waals surface area contributed by atoms with E-state index in [-0.39, 0.29) is 41.4 Å². The number of Topliss-reactive ketones (excluding diaryl/α,β-unsaturated/α-hetero) is 1. The molecule has 5 aliphatic rings. The largest absolute Gasteiger partial charge is 0.346 e. The molecule has 4 aliphatic carbocycles. The summed E-state index contributed by atoms with van der Waals surface area (Å²) in [6, 6.07) is -3.38. The van der Waals surface area contributed by atoms with Crippen molar-refractivity contribution in [3.05, 3.63) is 12.7 Å². The zero-order valence-electron chi connectivity index (χ0n) is 32.3. The molecule has 5 atom stereocenters. The molecule has 0 bridgehead atoms. The SMILES string of the molecule is C=CCNC(=O)C(=O)C(CC1CC1)NC(=O)[C@@H]1[C@@H]2[C@H](CN1C(=O)[C@@H](NC(=O)NC1(CS(=O)(=O)C(C)(C)C)CCCCC1)C1(C)CCCCC1)C2(C)C. The Balaban J connectivity index is 1.40. The number of hydrogen-bond acceptors (Lipinski definition) is 7. The number of piperidine rings is 1. The lowest BCUT2D eigenvalue weighted by Crippen LogP contribution is -2.65. The summed E-state index contributed by atoms with van der Waals surface area (Å²) >= 11 is 0. The van der Waals surface area contributed by atoms with Gasteiger partial charge in [-0.2, -0.15) is 0 Å². The maximum atomic E-state index is 14.9. The molecule has 1 saturated heterocycles. The van der Waals surface area contributed by atoms with Crippen LogP contribution in [0.25, 0.3) is 0 Å². The summed E-state index contributed by atoms with van der Waals surface area (Å²) in [5.74, 6) is -2.26. The Morgan fingerprint density at radius 3 is 2.06 bits per heavy atom. The van der Waals surface area contributed by atoms with E-state index in [1.807, 2.05) is 6.92 Å². The third-order valence-corrected chi connectivity index (χ3v) is 15.9. The summed E-state index contributed by atoms with van der Waals surface area (Å²) in [5, 5.41) is 11.6. The van der Waals surface area contributed by atoms with Gasteiger partial charge in [0.2, 0.25) is 17.6 Å². The van der Waals surface area contributed by atoms with E-state index in [4.69, 9.17) is 0 Å². The van der Waals surface area contributed by atoms with Gasteiger partial charge >= 0.3 is 6.03 Å². The number of urea groups is 1. The first-order valence-corrected chi connectivity index (χ1v) is 21.3. The van der Waals surface area contributed by atoms with E-state index in [0.29, 0.717) is 38.6 Å². The number of carbonyl (C=O) groups excluding carboxylic acids is 5. The molecule has 0 aromatic carbocycles. The van der Waals surface area contributed by atoms with Crippen LogP contribution >= 0.6 is 0 Å². The minimum atomic E-state index is -3.57. The quantitative estimate of drug-likeness (QED) is 0.153. The van der Waals surface area contributed by atoms with Gasteiger partial charge in [-0.25, -0.2) is 13.2 Å². The van der Waals surface area contributed by atoms with Gasteiger partial charge in [0.25, 0.3) is 5.91 Å². The van der Waals surface area contributed by atoms with Crippen molar-refractivity contribution >= 4 is 39.4 Å². The Bertz CT molecular complexity index is 1520. The summed E-state index contributed by atoms with van der Waals surface area (Å²) in [5.41, 5.74) is -1.73. The molecule has 0 radical (unpaired) electrons. The number of fused-ring (bicyclic) bond motifs is 1. The van der Waals surface area contributed by atoms with Crippen molar-refractivity contribution < 1.29 is 32.4 Å². The van der Waals surface area contributed by atoms with E-state index in [0.717, 1.165) is 51.4 Å². The van der Waals surface area contributed by atoms with Gasteiger partial charge in [0, 0.05) is 13.1 Å². The van der Waals surface area contributed by atoms with Crippen LogP contribution in [-0.2, 0) is 29.0 Å². The second kappa shape index (κ2) is 15.1. The number of hydrogen-bond donors (Lipinski definition) is 4. The minimum absolute atomic E-state index is 0.0717. The van der Waals surface area contributed by atoms with Crippen molar-refractivity contribution in [3.63, 3.8) is 0 Å². The minimum Gasteiger partial charge on any atom is -0.346 e. The van der Waals surface area contributed by atoms with Crippen LogP contribution in [0, 0.1) is 28.6 Å². The van der Waals surface area contributed by atoms with E-state index >= 15 is 0 Å². The first kappa shape index (κ1) is 40.2. The van der Waals surface area contributed by atoms with E-state index in [1.165, 1.54) is 6.08 Å². The van der Waals surface area contributed by atoms with Crippen LogP contribution in [0.2, 0.25) is 0 Å². The van der Waals surface area contributed by atoms with E-state index in [2.05, 4.69) is 41.7 Å². The maximum absolute atomic E-state index is 14.9. The van der Waals surface area contributed by atoms with Crippen LogP contribution in [0.4, 0.5) is 4.79 Å². The molecule has 4 N–H and O–H groups in total. The first-order valence-electron chi connectivity index (χ1n) is 19.6. The highest BCUT2D eigenvalue weighted by molar-refractivity contribution is 7.92. The Labute approximate surface area is 310 Å². The van der Waals surface area contributed by atoms with Crippen molar-refractivity contribution in [1.29, 1.82) is 0 Å². The molecule has 0 spiro atoms. The van der Waals surface area contributed by atoms with E-state index in [1.54, 1.807) is 25.7 Å². The molecular formula is C39H63N5O7S. The maximum Gasteiger partial charge on any atom is 0.315 e. The molecule has 0 aromatic heterocycles. The number of carbonyl (C=O) groups is 5. The lowest BCUT2D eigenvalue weighted by atomic mass is 9.70. The molecular weight excluding hydrogens is 683 g/mol.